The highest BCUT2D eigenvalue weighted by atomic mass is 16.1. The molecule has 0 unspecified atom stereocenters. The van der Waals surface area contributed by atoms with Gasteiger partial charge in [-0.15, -0.1) is 0 Å². The molecule has 3 rings (SSSR count). The lowest BCUT2D eigenvalue weighted by atomic mass is 9.80. The third-order valence-electron chi connectivity index (χ3n) is 6.04. The van der Waals surface area contributed by atoms with Crippen LogP contribution < -0.4 is 4.90 Å². The van der Waals surface area contributed by atoms with E-state index in [1.54, 1.807) is 0 Å². The fourth-order valence-electron chi connectivity index (χ4n) is 4.33. The van der Waals surface area contributed by atoms with Crippen molar-refractivity contribution in [2.75, 3.05) is 31.1 Å². The molecule has 144 valence electrons. The van der Waals surface area contributed by atoms with Crippen LogP contribution in [-0.2, 0) is 4.79 Å². The van der Waals surface area contributed by atoms with E-state index in [1.165, 1.54) is 12.8 Å². The fourth-order valence-corrected chi connectivity index (χ4v) is 4.33. The zero-order chi connectivity index (χ0) is 18.7. The number of rotatable bonds is 5. The van der Waals surface area contributed by atoms with Crippen LogP contribution in [0.25, 0.3) is 0 Å². The fraction of sp³-hybridized carbons (Fsp3) is 0.762. The molecule has 1 aliphatic carbocycles. The molecule has 5 heteroatoms. The van der Waals surface area contributed by atoms with Crippen molar-refractivity contribution in [3.63, 3.8) is 0 Å². The first-order valence-corrected chi connectivity index (χ1v) is 10.3. The number of nitrogens with zero attached hydrogens (tertiary/aromatic N) is 4. The number of aromatic nitrogens is 2. The molecular weight excluding hydrogens is 324 g/mol. The van der Waals surface area contributed by atoms with Gasteiger partial charge >= 0.3 is 0 Å². The van der Waals surface area contributed by atoms with Crippen molar-refractivity contribution in [3.8, 4) is 0 Å². The lowest BCUT2D eigenvalue weighted by molar-refractivity contribution is -0.127. The molecule has 2 fully saturated rings. The summed E-state index contributed by atoms with van der Waals surface area (Å²) in [6.45, 7) is 12.6. The van der Waals surface area contributed by atoms with Crippen molar-refractivity contribution in [1.29, 1.82) is 0 Å². The Bertz CT molecular complexity index is 583. The molecule has 1 aromatic rings. The maximum Gasteiger partial charge on any atom is 0.138 e. The predicted molar refractivity (Wildman–Crippen MR) is 105 cm³/mol. The van der Waals surface area contributed by atoms with Gasteiger partial charge in [0.1, 0.15) is 11.6 Å². The summed E-state index contributed by atoms with van der Waals surface area (Å²) < 4.78 is 0. The van der Waals surface area contributed by atoms with Gasteiger partial charge in [0, 0.05) is 50.0 Å². The van der Waals surface area contributed by atoms with Gasteiger partial charge in [-0.25, -0.2) is 9.97 Å². The molecule has 0 spiro atoms. The van der Waals surface area contributed by atoms with Crippen LogP contribution in [0.5, 0.6) is 0 Å². The number of piperazine rings is 1. The van der Waals surface area contributed by atoms with Gasteiger partial charge in [-0.05, 0) is 25.7 Å². The quantitative estimate of drug-likeness (QED) is 0.806. The zero-order valence-corrected chi connectivity index (χ0v) is 16.8. The molecule has 0 radical (unpaired) electrons. The molecule has 0 aromatic carbocycles. The topological polar surface area (TPSA) is 49.3 Å². The predicted octanol–water partition coefficient (Wildman–Crippen LogP) is 3.51. The maximum atomic E-state index is 12.2. The molecule has 0 atom stereocenters. The first-order valence-electron chi connectivity index (χ1n) is 10.3. The first kappa shape index (κ1) is 19.3. The number of hydrogen-bond donors (Lipinski definition) is 0. The first-order chi connectivity index (χ1) is 12.5. The highest BCUT2D eigenvalue weighted by molar-refractivity contribution is 5.82. The van der Waals surface area contributed by atoms with E-state index in [4.69, 9.17) is 0 Å². The van der Waals surface area contributed by atoms with Crippen LogP contribution in [-0.4, -0.2) is 52.9 Å². The highest BCUT2D eigenvalue weighted by Gasteiger charge is 2.31. The van der Waals surface area contributed by atoms with Crippen LogP contribution in [0.3, 0.4) is 0 Å². The van der Waals surface area contributed by atoms with Crippen molar-refractivity contribution in [3.05, 3.63) is 18.2 Å². The molecule has 1 aromatic heterocycles. The Labute approximate surface area is 158 Å². The summed E-state index contributed by atoms with van der Waals surface area (Å²) in [7, 11) is 0. The van der Waals surface area contributed by atoms with Gasteiger partial charge < -0.3 is 4.90 Å². The number of hydrogen-bond acceptors (Lipinski definition) is 5. The highest BCUT2D eigenvalue weighted by Crippen LogP contribution is 2.30. The molecule has 1 aliphatic heterocycles. The largest absolute Gasteiger partial charge is 0.366 e. The third kappa shape index (κ3) is 4.43. The summed E-state index contributed by atoms with van der Waals surface area (Å²) in [6.07, 6.45) is 8.45. The van der Waals surface area contributed by atoms with E-state index in [9.17, 15) is 4.79 Å². The van der Waals surface area contributed by atoms with Crippen LogP contribution in [0, 0.1) is 11.8 Å². The SMILES string of the molecule is CC(C)c1ncc(N2CCN([C@H]3CC[C@@H](C(=O)C(C)C)CC3)CC2)cn1. The summed E-state index contributed by atoms with van der Waals surface area (Å²) in [5, 5.41) is 0. The summed E-state index contributed by atoms with van der Waals surface area (Å²) in [4.78, 5) is 26.3. The van der Waals surface area contributed by atoms with Gasteiger partial charge in [0.05, 0.1) is 18.1 Å². The Morgan fingerprint density at radius 3 is 2.04 bits per heavy atom. The van der Waals surface area contributed by atoms with Gasteiger partial charge in [-0.3, -0.25) is 9.69 Å². The second-order valence-corrected chi connectivity index (χ2v) is 8.54. The van der Waals surface area contributed by atoms with Crippen molar-refractivity contribution in [2.45, 2.75) is 65.3 Å². The Balaban J connectivity index is 1.48. The van der Waals surface area contributed by atoms with E-state index in [0.29, 0.717) is 23.7 Å². The number of carbonyl (C=O) groups excluding carboxylic acids is 1. The normalized spacial score (nSPS) is 25.1. The summed E-state index contributed by atoms with van der Waals surface area (Å²) >= 11 is 0. The number of anilines is 1. The smallest absolute Gasteiger partial charge is 0.138 e. The summed E-state index contributed by atoms with van der Waals surface area (Å²) in [6, 6.07) is 0.660. The lowest BCUT2D eigenvalue weighted by Crippen LogP contribution is -2.51. The van der Waals surface area contributed by atoms with Crippen LogP contribution in [0.1, 0.15) is 65.1 Å². The Morgan fingerprint density at radius 2 is 1.54 bits per heavy atom. The second kappa shape index (κ2) is 8.47. The Kier molecular flexibility index (Phi) is 6.28. The molecule has 1 saturated carbocycles. The van der Waals surface area contributed by atoms with E-state index in [1.807, 2.05) is 26.2 Å². The molecule has 1 saturated heterocycles. The van der Waals surface area contributed by atoms with Gasteiger partial charge in [-0.1, -0.05) is 27.7 Å². The molecular formula is C21H34N4O. The van der Waals surface area contributed by atoms with Crippen LogP contribution >= 0.6 is 0 Å². The van der Waals surface area contributed by atoms with Crippen molar-refractivity contribution in [2.24, 2.45) is 11.8 Å². The number of Topliss-reactive ketones (excluding diaryl/α,β-unsaturated/α-hetero) is 1. The Hall–Kier alpha value is -1.49. The average molecular weight is 359 g/mol. The van der Waals surface area contributed by atoms with Gasteiger partial charge in [0.15, 0.2) is 0 Å². The molecule has 2 heterocycles. The maximum absolute atomic E-state index is 12.2. The van der Waals surface area contributed by atoms with E-state index in [0.717, 1.165) is 50.5 Å². The third-order valence-corrected chi connectivity index (χ3v) is 6.04. The second-order valence-electron chi connectivity index (χ2n) is 8.54. The number of ketones is 1. The van der Waals surface area contributed by atoms with Crippen molar-refractivity contribution < 1.29 is 4.79 Å². The van der Waals surface area contributed by atoms with E-state index >= 15 is 0 Å². The van der Waals surface area contributed by atoms with Crippen molar-refractivity contribution in [1.82, 2.24) is 14.9 Å². The standard InChI is InChI=1S/C21H34N4O/c1-15(2)20(26)17-5-7-18(8-6-17)24-9-11-25(12-10-24)19-13-22-21(16(3)4)23-14-19/h13-18H,5-12H2,1-4H3/t17-,18+. The van der Waals surface area contributed by atoms with Gasteiger partial charge in [0.25, 0.3) is 0 Å². The minimum absolute atomic E-state index is 0.185. The Morgan fingerprint density at radius 1 is 0.962 bits per heavy atom. The van der Waals surface area contributed by atoms with Crippen molar-refractivity contribution >= 4 is 11.5 Å². The summed E-state index contributed by atoms with van der Waals surface area (Å²) in [5.41, 5.74) is 1.14. The van der Waals surface area contributed by atoms with Crippen LogP contribution in [0.15, 0.2) is 12.4 Å². The average Bonchev–Trinajstić information content (AvgIpc) is 2.67. The van der Waals surface area contributed by atoms with E-state index in [2.05, 4.69) is 33.6 Å². The van der Waals surface area contributed by atoms with Gasteiger partial charge in [-0.2, -0.15) is 0 Å². The van der Waals surface area contributed by atoms with Gasteiger partial charge in [0.2, 0.25) is 0 Å². The van der Waals surface area contributed by atoms with E-state index < -0.39 is 0 Å². The molecule has 0 N–H and O–H groups in total. The molecule has 0 bridgehead atoms. The summed E-state index contributed by atoms with van der Waals surface area (Å²) in [5.74, 6) is 2.25. The molecule has 2 aliphatic rings. The lowest BCUT2D eigenvalue weighted by Gasteiger charge is -2.42. The minimum Gasteiger partial charge on any atom is -0.366 e. The van der Waals surface area contributed by atoms with Crippen LogP contribution in [0.4, 0.5) is 5.69 Å². The molecule has 5 nitrogen and oxygen atoms in total. The minimum atomic E-state index is 0.185. The van der Waals surface area contributed by atoms with Crippen LogP contribution in [0.2, 0.25) is 0 Å². The zero-order valence-electron chi connectivity index (χ0n) is 16.8. The monoisotopic (exact) mass is 358 g/mol. The number of carbonyl (C=O) groups is 1. The van der Waals surface area contributed by atoms with E-state index in [-0.39, 0.29) is 5.92 Å². The molecule has 0 amide bonds. The molecule has 26 heavy (non-hydrogen) atoms.